The Labute approximate surface area is 182 Å². The van der Waals surface area contributed by atoms with E-state index in [0.717, 1.165) is 0 Å². The summed E-state index contributed by atoms with van der Waals surface area (Å²) >= 11 is 0. The van der Waals surface area contributed by atoms with Crippen molar-refractivity contribution in [2.24, 2.45) is 5.16 Å². The van der Waals surface area contributed by atoms with E-state index < -0.39 is 25.9 Å². The number of phosphoric ester groups is 1. The minimum absolute atomic E-state index is 0.0605. The zero-order chi connectivity index (χ0) is 22.7. The number of nitrogens with zero attached hydrogens (tertiary/aromatic N) is 3. The number of rotatable bonds is 6. The van der Waals surface area contributed by atoms with E-state index in [1.165, 1.54) is 34.0 Å². The van der Waals surface area contributed by atoms with Crippen LogP contribution < -0.4 is 19.8 Å². The molecule has 0 aliphatic carbocycles. The average Bonchev–Trinajstić information content (AvgIpc) is 2.78. The van der Waals surface area contributed by atoms with Gasteiger partial charge in [0.1, 0.15) is 17.3 Å². The second-order valence-electron chi connectivity index (χ2n) is 6.84. The van der Waals surface area contributed by atoms with Gasteiger partial charge >= 0.3 is 13.8 Å². The van der Waals surface area contributed by atoms with Crippen LogP contribution in [0.4, 0.5) is 0 Å². The van der Waals surface area contributed by atoms with Crippen molar-refractivity contribution in [2.45, 2.75) is 19.5 Å². The summed E-state index contributed by atoms with van der Waals surface area (Å²) in [5, 5.41) is 3.58. The molecular weight excluding hydrogens is 443 g/mol. The van der Waals surface area contributed by atoms with Gasteiger partial charge in [0.05, 0.1) is 13.2 Å². The molecular formula is C19H21N4O8P. The lowest BCUT2D eigenvalue weighted by Crippen LogP contribution is -2.59. The number of aromatic nitrogens is 1. The van der Waals surface area contributed by atoms with Crippen molar-refractivity contribution in [2.75, 3.05) is 25.2 Å². The molecule has 1 aromatic heterocycles. The summed E-state index contributed by atoms with van der Waals surface area (Å²) in [7, 11) is -4.76. The number of fused-ring (bicyclic) bond motifs is 2. The maximum Gasteiger partial charge on any atom is 0.585 e. The van der Waals surface area contributed by atoms with Gasteiger partial charge in [-0.1, -0.05) is 30.3 Å². The third kappa shape index (κ3) is 4.62. The van der Waals surface area contributed by atoms with Gasteiger partial charge in [0.25, 0.3) is 5.91 Å². The maximum absolute atomic E-state index is 13.2. The number of carbonyl (C=O) groups excluding carboxylic acids is 2. The monoisotopic (exact) mass is 464 g/mol. The molecule has 2 aliphatic heterocycles. The number of ether oxygens (including phenoxy) is 1. The largest absolute Gasteiger partial charge is 0.585 e. The normalized spacial score (nSPS) is 19.8. The minimum Gasteiger partial charge on any atom is -0.395 e. The molecule has 170 valence electrons. The van der Waals surface area contributed by atoms with Crippen LogP contribution in [0.1, 0.15) is 23.8 Å². The fourth-order valence-electron chi connectivity index (χ4n) is 3.16. The van der Waals surface area contributed by atoms with E-state index in [0.29, 0.717) is 13.2 Å². The Morgan fingerprint density at radius 3 is 2.84 bits per heavy atom. The van der Waals surface area contributed by atoms with Crippen molar-refractivity contribution in [3.8, 4) is 11.5 Å². The quantitative estimate of drug-likeness (QED) is 0.366. The summed E-state index contributed by atoms with van der Waals surface area (Å²) in [6.45, 7) is 2.50. The molecule has 2 atom stereocenters. The van der Waals surface area contributed by atoms with Crippen LogP contribution >= 0.6 is 7.82 Å². The topological polar surface area (TPSA) is 141 Å². The van der Waals surface area contributed by atoms with Gasteiger partial charge in [0, 0.05) is 19.2 Å². The van der Waals surface area contributed by atoms with E-state index in [1.54, 1.807) is 25.1 Å². The minimum atomic E-state index is -4.76. The molecule has 2 aliphatic rings. The summed E-state index contributed by atoms with van der Waals surface area (Å²) in [6, 6.07) is 9.26. The molecule has 1 amide bonds. The molecule has 0 bridgehead atoms. The van der Waals surface area contributed by atoms with Gasteiger partial charge in [-0.15, -0.1) is 0 Å². The molecule has 1 fully saturated rings. The Kier molecular flexibility index (Phi) is 6.17. The van der Waals surface area contributed by atoms with Crippen LogP contribution in [-0.4, -0.2) is 52.3 Å². The molecule has 0 spiro atoms. The number of pyridine rings is 1. The Morgan fingerprint density at radius 1 is 1.31 bits per heavy atom. The SMILES string of the molecule is CCC(=O)O/N=c1\ccn2c(c1OP(=O)(O)Oc1ccccc1)C(=O)N1CCOC[C@H]1N2. The van der Waals surface area contributed by atoms with E-state index in [-0.39, 0.29) is 35.6 Å². The fraction of sp³-hybridized carbons (Fsp3) is 0.316. The smallest absolute Gasteiger partial charge is 0.395 e. The number of amides is 1. The van der Waals surface area contributed by atoms with Crippen molar-refractivity contribution in [3.63, 3.8) is 0 Å². The van der Waals surface area contributed by atoms with Crippen molar-refractivity contribution in [1.29, 1.82) is 0 Å². The first kappa shape index (κ1) is 21.9. The lowest BCUT2D eigenvalue weighted by Gasteiger charge is -2.41. The first-order valence-electron chi connectivity index (χ1n) is 9.80. The second kappa shape index (κ2) is 9.03. The Bertz CT molecular complexity index is 1140. The summed E-state index contributed by atoms with van der Waals surface area (Å²) in [6.07, 6.45) is 1.10. The highest BCUT2D eigenvalue weighted by molar-refractivity contribution is 7.48. The number of hydrogen-bond acceptors (Lipinski definition) is 9. The summed E-state index contributed by atoms with van der Waals surface area (Å²) in [5.74, 6) is -1.40. The molecule has 32 heavy (non-hydrogen) atoms. The molecule has 2 aromatic rings. The van der Waals surface area contributed by atoms with Gasteiger partial charge in [-0.25, -0.2) is 9.36 Å². The van der Waals surface area contributed by atoms with E-state index in [9.17, 15) is 19.0 Å². The number of para-hydroxylation sites is 1. The highest BCUT2D eigenvalue weighted by Crippen LogP contribution is 2.44. The lowest BCUT2D eigenvalue weighted by molar-refractivity contribution is -0.143. The molecule has 0 saturated carbocycles. The Balaban J connectivity index is 1.76. The van der Waals surface area contributed by atoms with Crippen LogP contribution in [0.2, 0.25) is 0 Å². The van der Waals surface area contributed by atoms with E-state index >= 15 is 0 Å². The van der Waals surface area contributed by atoms with Crippen LogP contribution in [0.5, 0.6) is 11.5 Å². The van der Waals surface area contributed by atoms with Gasteiger partial charge in [0.2, 0.25) is 0 Å². The molecule has 0 radical (unpaired) electrons. The van der Waals surface area contributed by atoms with Crippen molar-refractivity contribution in [3.05, 3.63) is 53.6 Å². The van der Waals surface area contributed by atoms with Gasteiger partial charge in [0.15, 0.2) is 11.4 Å². The zero-order valence-corrected chi connectivity index (χ0v) is 17.9. The van der Waals surface area contributed by atoms with E-state index in [1.807, 2.05) is 0 Å². The van der Waals surface area contributed by atoms with Crippen molar-refractivity contribution < 1.29 is 37.7 Å². The predicted octanol–water partition coefficient (Wildman–Crippen LogP) is 1.17. The average molecular weight is 464 g/mol. The molecule has 12 nitrogen and oxygen atoms in total. The highest BCUT2D eigenvalue weighted by atomic mass is 31.2. The predicted molar refractivity (Wildman–Crippen MR) is 109 cm³/mol. The van der Waals surface area contributed by atoms with Crippen LogP contribution in [-0.2, 0) is 18.9 Å². The molecule has 2 N–H and O–H groups in total. The van der Waals surface area contributed by atoms with Gasteiger partial charge in [-0.05, 0) is 18.2 Å². The fourth-order valence-corrected chi connectivity index (χ4v) is 4.00. The number of hydrogen-bond donors (Lipinski definition) is 2. The lowest BCUT2D eigenvalue weighted by atomic mass is 10.2. The molecule has 3 heterocycles. The van der Waals surface area contributed by atoms with Crippen molar-refractivity contribution in [1.82, 2.24) is 9.58 Å². The number of phosphoric acid groups is 1. The molecule has 4 rings (SSSR count). The van der Waals surface area contributed by atoms with Gasteiger partial charge < -0.3 is 28.9 Å². The van der Waals surface area contributed by atoms with Crippen molar-refractivity contribution >= 4 is 19.7 Å². The highest BCUT2D eigenvalue weighted by Gasteiger charge is 2.39. The standard InChI is InChI=1S/C19H21N4O8P/c1-2-16(24)29-21-14-8-9-23-17(19(25)22-10-11-28-12-15(22)20-23)18(14)31-32(26,27)30-13-6-4-3-5-7-13/h3-9,15,20H,2,10-12H2,1H3,(H,26,27)/b21-14+/t15-/m0/s1. The molecule has 1 unspecified atom stereocenters. The second-order valence-corrected chi connectivity index (χ2v) is 8.14. The third-order valence-corrected chi connectivity index (χ3v) is 5.51. The number of carbonyl (C=O) groups is 2. The molecule has 1 aromatic carbocycles. The number of nitrogens with one attached hydrogen (secondary N) is 1. The van der Waals surface area contributed by atoms with Crippen LogP contribution in [0.15, 0.2) is 47.8 Å². The van der Waals surface area contributed by atoms with Crippen LogP contribution in [0.25, 0.3) is 0 Å². The van der Waals surface area contributed by atoms with E-state index in [2.05, 4.69) is 10.6 Å². The van der Waals surface area contributed by atoms with Gasteiger partial charge in [-0.3, -0.25) is 14.4 Å². The van der Waals surface area contributed by atoms with E-state index in [4.69, 9.17) is 18.6 Å². The zero-order valence-electron chi connectivity index (χ0n) is 17.0. The summed E-state index contributed by atoms with van der Waals surface area (Å²) in [4.78, 5) is 41.5. The first-order valence-corrected chi connectivity index (χ1v) is 11.3. The summed E-state index contributed by atoms with van der Waals surface area (Å²) < 4.78 is 29.9. The summed E-state index contributed by atoms with van der Waals surface area (Å²) in [5.41, 5.74) is 2.96. The molecule has 13 heteroatoms. The maximum atomic E-state index is 13.2. The third-order valence-electron chi connectivity index (χ3n) is 4.66. The van der Waals surface area contributed by atoms with Crippen LogP contribution in [0.3, 0.4) is 0 Å². The van der Waals surface area contributed by atoms with Crippen LogP contribution in [0, 0.1) is 0 Å². The first-order chi connectivity index (χ1) is 15.4. The number of benzene rings is 1. The Morgan fingerprint density at radius 2 is 2.09 bits per heavy atom. The van der Waals surface area contributed by atoms with Gasteiger partial charge in [-0.2, -0.15) is 0 Å². The number of morpholine rings is 1. The molecule has 1 saturated heterocycles. The Hall–Kier alpha value is -3.34.